The number of nitrogens with zero attached hydrogens (tertiary/aromatic N) is 3. The van der Waals surface area contributed by atoms with Crippen molar-refractivity contribution >= 4 is 29.9 Å². The second-order valence-corrected chi connectivity index (χ2v) is 12.1. The molecule has 3 heterocycles. The molecule has 6 nitrogen and oxygen atoms in total. The average Bonchev–Trinajstić information content (AvgIpc) is 3.43. The van der Waals surface area contributed by atoms with Gasteiger partial charge in [0.1, 0.15) is 17.6 Å². The monoisotopic (exact) mass is 552 g/mol. The number of amides is 1. The first-order chi connectivity index (χ1) is 19.5. The maximum absolute atomic E-state index is 14.1. The minimum atomic E-state index is -0.573. The van der Waals surface area contributed by atoms with E-state index in [-0.39, 0.29) is 11.3 Å². The zero-order chi connectivity index (χ0) is 27.5. The third-order valence-corrected chi connectivity index (χ3v) is 9.37. The van der Waals surface area contributed by atoms with Gasteiger partial charge in [0.2, 0.25) is 0 Å². The van der Waals surface area contributed by atoms with Gasteiger partial charge in [0, 0.05) is 30.4 Å². The number of carbonyl (C=O) groups is 2. The molecule has 0 radical (unpaired) electrons. The van der Waals surface area contributed by atoms with Crippen LogP contribution in [0.25, 0.3) is 0 Å². The Bertz CT molecular complexity index is 1380. The van der Waals surface area contributed by atoms with Gasteiger partial charge in [-0.1, -0.05) is 91.0 Å². The van der Waals surface area contributed by atoms with Gasteiger partial charge in [-0.2, -0.15) is 0 Å². The summed E-state index contributed by atoms with van der Waals surface area (Å²) in [7, 11) is 2.25. The van der Waals surface area contributed by atoms with Crippen molar-refractivity contribution in [2.45, 2.75) is 30.4 Å². The smallest absolute Gasteiger partial charge is 0.356 e. The predicted octanol–water partition coefficient (Wildman–Crippen LogP) is 5.22. The molecule has 0 spiro atoms. The van der Waals surface area contributed by atoms with Crippen molar-refractivity contribution in [2.75, 3.05) is 32.4 Å². The summed E-state index contributed by atoms with van der Waals surface area (Å²) < 4.78 is 7.19. The largest absolute Gasteiger partial charge is 0.448 e. The van der Waals surface area contributed by atoms with Gasteiger partial charge >= 0.3 is 5.97 Å². The number of hydrogen-bond donors (Lipinski definition) is 0. The number of carbonyl (C=O) groups excluding carboxylic acids is 2. The molecular weight excluding hydrogens is 518 g/mol. The van der Waals surface area contributed by atoms with Crippen LogP contribution >= 0.6 is 11.8 Å². The number of fused-ring (bicyclic) bond motifs is 1. The molecule has 1 unspecified atom stereocenters. The summed E-state index contributed by atoms with van der Waals surface area (Å²) in [5.74, 6) is 0.0994. The van der Waals surface area contributed by atoms with Crippen molar-refractivity contribution in [2.24, 2.45) is 4.99 Å². The van der Waals surface area contributed by atoms with E-state index < -0.39 is 18.1 Å². The number of likely N-dealkylation sites (tertiary alicyclic amines) is 1. The summed E-state index contributed by atoms with van der Waals surface area (Å²) in [5, 5.41) is -0.213. The molecule has 0 N–H and O–H groups in total. The highest BCUT2D eigenvalue weighted by Gasteiger charge is 2.54. The minimum absolute atomic E-state index is 0.145. The summed E-state index contributed by atoms with van der Waals surface area (Å²) in [4.78, 5) is 34.0. The number of esters is 1. The van der Waals surface area contributed by atoms with Crippen LogP contribution in [0.5, 0.6) is 0 Å². The third-order valence-electron chi connectivity index (χ3n) is 8.04. The summed E-state index contributed by atoms with van der Waals surface area (Å²) in [5.41, 5.74) is 4.15. The topological polar surface area (TPSA) is 59.0 Å². The fourth-order valence-electron chi connectivity index (χ4n) is 5.95. The molecule has 0 bridgehead atoms. The molecule has 204 valence electrons. The second-order valence-electron chi connectivity index (χ2n) is 11.0. The van der Waals surface area contributed by atoms with Crippen LogP contribution < -0.4 is 0 Å². The van der Waals surface area contributed by atoms with Crippen LogP contribution in [-0.4, -0.2) is 71.3 Å². The van der Waals surface area contributed by atoms with Crippen LogP contribution in [0.2, 0.25) is 0 Å². The lowest BCUT2D eigenvalue weighted by Gasteiger charge is -2.48. The van der Waals surface area contributed by atoms with Crippen LogP contribution in [0.15, 0.2) is 107 Å². The first kappa shape index (κ1) is 26.5. The van der Waals surface area contributed by atoms with E-state index in [1.165, 1.54) is 12.8 Å². The van der Waals surface area contributed by atoms with E-state index in [1.54, 1.807) is 22.9 Å². The van der Waals surface area contributed by atoms with Crippen molar-refractivity contribution in [3.05, 3.63) is 119 Å². The third kappa shape index (κ3) is 5.36. The first-order valence-corrected chi connectivity index (χ1v) is 15.0. The first-order valence-electron chi connectivity index (χ1n) is 13.9. The summed E-state index contributed by atoms with van der Waals surface area (Å²) in [6, 6.07) is 28.9. The summed E-state index contributed by atoms with van der Waals surface area (Å²) in [6.45, 7) is 2.90. The average molecular weight is 553 g/mol. The number of aliphatic imine (C=N–C) groups is 1. The number of benzene rings is 3. The Morgan fingerprint density at radius 1 is 0.975 bits per heavy atom. The Kier molecular flexibility index (Phi) is 7.59. The highest BCUT2D eigenvalue weighted by atomic mass is 32.2. The quantitative estimate of drug-likeness (QED) is 0.167. The van der Waals surface area contributed by atoms with Crippen molar-refractivity contribution in [3.63, 3.8) is 0 Å². The molecule has 2 fully saturated rings. The molecule has 6 rings (SSSR count). The van der Waals surface area contributed by atoms with Gasteiger partial charge in [-0.3, -0.25) is 14.7 Å². The lowest BCUT2D eigenvalue weighted by molar-refractivity contribution is -0.893. The maximum atomic E-state index is 14.1. The maximum Gasteiger partial charge on any atom is 0.356 e. The van der Waals surface area contributed by atoms with Crippen molar-refractivity contribution < 1.29 is 18.8 Å². The number of quaternary nitrogens is 1. The van der Waals surface area contributed by atoms with E-state index in [0.717, 1.165) is 46.4 Å². The van der Waals surface area contributed by atoms with Gasteiger partial charge in [-0.15, -0.1) is 11.8 Å². The fourth-order valence-corrected chi connectivity index (χ4v) is 7.27. The Morgan fingerprint density at radius 2 is 1.55 bits per heavy atom. The van der Waals surface area contributed by atoms with E-state index in [4.69, 9.17) is 4.74 Å². The number of rotatable bonds is 8. The Balaban J connectivity index is 1.32. The molecule has 3 aromatic carbocycles. The molecule has 3 aromatic rings. The van der Waals surface area contributed by atoms with E-state index in [2.05, 4.69) is 12.0 Å². The number of ether oxygens (including phenoxy) is 1. The lowest BCUT2D eigenvalue weighted by atomic mass is 10.0. The summed E-state index contributed by atoms with van der Waals surface area (Å²) >= 11 is 1.70. The SMILES string of the molecule is C[N+]1(CC2=C(C(=O)OC(c3ccccc3)c3ccccc3)N3C(=O)C(N=Cc4ccccc4)[C@@H]3SC2)CCCC1. The minimum Gasteiger partial charge on any atom is -0.448 e. The molecule has 0 saturated carbocycles. The lowest BCUT2D eigenvalue weighted by Crippen LogP contribution is -2.64. The molecule has 0 aromatic heterocycles. The highest BCUT2D eigenvalue weighted by molar-refractivity contribution is 8.00. The molecule has 2 atom stereocenters. The van der Waals surface area contributed by atoms with Gasteiger partial charge in [0.25, 0.3) is 5.91 Å². The van der Waals surface area contributed by atoms with Crippen LogP contribution in [0, 0.1) is 0 Å². The van der Waals surface area contributed by atoms with Gasteiger partial charge in [0.15, 0.2) is 12.1 Å². The van der Waals surface area contributed by atoms with Gasteiger partial charge < -0.3 is 9.22 Å². The molecule has 0 aliphatic carbocycles. The molecule has 3 aliphatic rings. The van der Waals surface area contributed by atoms with Crippen LogP contribution in [0.4, 0.5) is 0 Å². The Hall–Kier alpha value is -3.68. The zero-order valence-corrected chi connectivity index (χ0v) is 23.5. The molecular formula is C33H34N3O3S+. The van der Waals surface area contributed by atoms with Gasteiger partial charge in [0.05, 0.1) is 20.1 Å². The molecule has 7 heteroatoms. The second kappa shape index (κ2) is 11.4. The molecule has 40 heavy (non-hydrogen) atoms. The van der Waals surface area contributed by atoms with E-state index >= 15 is 0 Å². The zero-order valence-electron chi connectivity index (χ0n) is 22.7. The van der Waals surface area contributed by atoms with Crippen LogP contribution in [0.3, 0.4) is 0 Å². The number of hydrogen-bond acceptors (Lipinski definition) is 5. The summed E-state index contributed by atoms with van der Waals surface area (Å²) in [6.07, 6.45) is 3.55. The van der Waals surface area contributed by atoms with E-state index in [0.29, 0.717) is 11.4 Å². The predicted molar refractivity (Wildman–Crippen MR) is 159 cm³/mol. The van der Waals surface area contributed by atoms with E-state index in [1.807, 2.05) is 91.0 Å². The normalized spacial score (nSPS) is 21.9. The molecule has 3 aliphatic heterocycles. The fraction of sp³-hybridized carbons (Fsp3) is 0.303. The number of thioether (sulfide) groups is 1. The van der Waals surface area contributed by atoms with Crippen LogP contribution in [-0.2, 0) is 14.3 Å². The van der Waals surface area contributed by atoms with Gasteiger partial charge in [-0.25, -0.2) is 4.79 Å². The van der Waals surface area contributed by atoms with Gasteiger partial charge in [-0.05, 0) is 16.7 Å². The van der Waals surface area contributed by atoms with Crippen LogP contribution in [0.1, 0.15) is 35.6 Å². The number of likely N-dealkylation sites (N-methyl/N-ethyl adjacent to an activating group) is 1. The Morgan fingerprint density at radius 3 is 2.15 bits per heavy atom. The molecule has 1 amide bonds. The molecule has 2 saturated heterocycles. The standard InChI is InChI=1S/C33H34N3O3S/c1-36(19-11-12-20-36)22-27-23-40-32-28(34-21-24-13-5-2-6-14-24)31(37)35(32)29(27)33(38)39-30(25-15-7-3-8-16-25)26-17-9-4-10-18-26/h2-10,13-18,21,28,30,32H,11-12,19-20,22-23H2,1H3/q+1/t28?,32-/m0/s1. The number of β-lactam (4-membered cyclic amide) rings is 1. The highest BCUT2D eigenvalue weighted by Crippen LogP contribution is 2.43. The van der Waals surface area contributed by atoms with E-state index in [9.17, 15) is 9.59 Å². The van der Waals surface area contributed by atoms with Crippen molar-refractivity contribution in [1.29, 1.82) is 0 Å². The Labute approximate surface area is 239 Å². The van der Waals surface area contributed by atoms with Crippen molar-refractivity contribution in [1.82, 2.24) is 4.90 Å². The van der Waals surface area contributed by atoms with Crippen molar-refractivity contribution in [3.8, 4) is 0 Å².